The van der Waals surface area contributed by atoms with Crippen molar-refractivity contribution >= 4 is 0 Å². The summed E-state index contributed by atoms with van der Waals surface area (Å²) in [5, 5.41) is 8.95. The Hall–Kier alpha value is -0.0400. The molecule has 1 nitrogen and oxygen atoms in total. The van der Waals surface area contributed by atoms with Crippen molar-refractivity contribution in [1.82, 2.24) is 0 Å². The Balaban J connectivity index is 3.15. The van der Waals surface area contributed by atoms with E-state index in [9.17, 15) is 0 Å². The molecule has 56 valence electrons. The second-order valence-electron chi connectivity index (χ2n) is 2.98. The van der Waals surface area contributed by atoms with Gasteiger partial charge in [0.05, 0.1) is 6.10 Å². The van der Waals surface area contributed by atoms with E-state index in [1.165, 1.54) is 12.8 Å². The van der Waals surface area contributed by atoms with Crippen LogP contribution >= 0.6 is 0 Å². The molecule has 0 heterocycles. The van der Waals surface area contributed by atoms with Gasteiger partial charge in [-0.25, -0.2) is 0 Å². The summed E-state index contributed by atoms with van der Waals surface area (Å²) in [7, 11) is 0. The van der Waals surface area contributed by atoms with Gasteiger partial charge in [0.1, 0.15) is 0 Å². The lowest BCUT2D eigenvalue weighted by atomic mass is 10.00. The fraction of sp³-hybridized carbons (Fsp3) is 1.00. The molecule has 1 N–H and O–H groups in total. The largest absolute Gasteiger partial charge is 0.393 e. The second kappa shape index (κ2) is 4.80. The van der Waals surface area contributed by atoms with Gasteiger partial charge in [0.25, 0.3) is 0 Å². The van der Waals surface area contributed by atoms with Gasteiger partial charge in [0, 0.05) is 0 Å². The van der Waals surface area contributed by atoms with Crippen LogP contribution in [0.15, 0.2) is 0 Å². The van der Waals surface area contributed by atoms with Gasteiger partial charge >= 0.3 is 0 Å². The van der Waals surface area contributed by atoms with Crippen molar-refractivity contribution in [3.05, 3.63) is 0 Å². The smallest absolute Gasteiger partial charge is 0.0514 e. The van der Waals surface area contributed by atoms with Gasteiger partial charge in [-0.15, -0.1) is 0 Å². The Kier molecular flexibility index (Phi) is 4.78. The number of aliphatic hydroxyl groups excluding tert-OH is 1. The van der Waals surface area contributed by atoms with Crippen LogP contribution in [0.25, 0.3) is 0 Å². The zero-order valence-corrected chi connectivity index (χ0v) is 6.72. The molecule has 0 aliphatic carbocycles. The normalized spacial score (nSPS) is 17.3. The molecule has 0 saturated carbocycles. The van der Waals surface area contributed by atoms with Crippen LogP contribution in [0.5, 0.6) is 0 Å². The van der Waals surface area contributed by atoms with Crippen molar-refractivity contribution in [2.75, 3.05) is 0 Å². The molecule has 0 aromatic heterocycles. The van der Waals surface area contributed by atoms with Crippen molar-refractivity contribution in [2.24, 2.45) is 5.92 Å². The van der Waals surface area contributed by atoms with E-state index < -0.39 is 0 Å². The molecule has 0 saturated heterocycles. The van der Waals surface area contributed by atoms with Gasteiger partial charge in [0.15, 0.2) is 0 Å². The third-order valence-electron chi connectivity index (χ3n) is 1.52. The summed E-state index contributed by atoms with van der Waals surface area (Å²) >= 11 is 0. The second-order valence-corrected chi connectivity index (χ2v) is 2.98. The molecule has 0 radical (unpaired) electrons. The van der Waals surface area contributed by atoms with E-state index in [4.69, 9.17) is 5.11 Å². The summed E-state index contributed by atoms with van der Waals surface area (Å²) in [6, 6.07) is 0. The number of aliphatic hydroxyl groups is 1. The van der Waals surface area contributed by atoms with Gasteiger partial charge in [-0.3, -0.25) is 0 Å². The summed E-state index contributed by atoms with van der Waals surface area (Å²) in [4.78, 5) is 0. The van der Waals surface area contributed by atoms with Crippen molar-refractivity contribution < 1.29 is 5.11 Å². The minimum absolute atomic E-state index is 0.119. The van der Waals surface area contributed by atoms with E-state index in [2.05, 4.69) is 13.8 Å². The molecule has 0 amide bonds. The van der Waals surface area contributed by atoms with Crippen LogP contribution in [-0.2, 0) is 0 Å². The lowest BCUT2D eigenvalue weighted by Gasteiger charge is -2.10. The Morgan fingerprint density at radius 2 is 1.89 bits per heavy atom. The van der Waals surface area contributed by atoms with Crippen molar-refractivity contribution in [3.8, 4) is 0 Å². The predicted molar refractivity (Wildman–Crippen MR) is 40.4 cm³/mol. The van der Waals surface area contributed by atoms with Crippen LogP contribution in [-0.4, -0.2) is 11.2 Å². The molecule has 0 bridgehead atoms. The fourth-order valence-electron chi connectivity index (χ4n) is 1.19. The average molecular weight is 130 g/mol. The predicted octanol–water partition coefficient (Wildman–Crippen LogP) is 2.19. The molecule has 0 spiro atoms. The maximum absolute atomic E-state index is 8.95. The van der Waals surface area contributed by atoms with Crippen molar-refractivity contribution in [3.63, 3.8) is 0 Å². The van der Waals surface area contributed by atoms with E-state index in [0.717, 1.165) is 6.42 Å². The molecule has 0 aromatic rings. The quantitative estimate of drug-likeness (QED) is 0.618. The number of hydrogen-bond donors (Lipinski definition) is 1. The lowest BCUT2D eigenvalue weighted by Crippen LogP contribution is -2.06. The lowest BCUT2D eigenvalue weighted by molar-refractivity contribution is 0.161. The third kappa shape index (κ3) is 5.84. The molecular weight excluding hydrogens is 112 g/mol. The molecule has 0 aliphatic heterocycles. The van der Waals surface area contributed by atoms with Crippen molar-refractivity contribution in [2.45, 2.75) is 46.1 Å². The maximum Gasteiger partial charge on any atom is 0.0514 e. The van der Waals surface area contributed by atoms with Gasteiger partial charge in [-0.1, -0.05) is 26.7 Å². The zero-order chi connectivity index (χ0) is 7.28. The summed E-state index contributed by atoms with van der Waals surface area (Å²) in [6.45, 7) is 6.22. The van der Waals surface area contributed by atoms with Gasteiger partial charge in [-0.05, 0) is 19.3 Å². The number of hydrogen-bond acceptors (Lipinski definition) is 1. The third-order valence-corrected chi connectivity index (χ3v) is 1.52. The highest BCUT2D eigenvalue weighted by Crippen LogP contribution is 2.11. The maximum atomic E-state index is 8.95. The Labute approximate surface area is 58.1 Å². The average Bonchev–Trinajstić information content (AvgIpc) is 1.63. The molecule has 0 aromatic carbocycles. The summed E-state index contributed by atoms with van der Waals surface area (Å²) in [5.41, 5.74) is 0. The van der Waals surface area contributed by atoms with E-state index in [0.29, 0.717) is 5.92 Å². The SMILES string of the molecule is CCCC(C)C[C@H](C)O. The van der Waals surface area contributed by atoms with Gasteiger partial charge in [-0.2, -0.15) is 0 Å². The first kappa shape index (κ1) is 8.96. The zero-order valence-electron chi connectivity index (χ0n) is 6.72. The molecule has 0 aliphatic rings. The molecule has 2 atom stereocenters. The Morgan fingerprint density at radius 3 is 2.22 bits per heavy atom. The highest BCUT2D eigenvalue weighted by Gasteiger charge is 2.03. The fourth-order valence-corrected chi connectivity index (χ4v) is 1.19. The topological polar surface area (TPSA) is 20.2 Å². The van der Waals surface area contributed by atoms with E-state index >= 15 is 0 Å². The Morgan fingerprint density at radius 1 is 1.33 bits per heavy atom. The summed E-state index contributed by atoms with van der Waals surface area (Å²) in [5.74, 6) is 0.690. The standard InChI is InChI=1S/C8H18O/c1-4-5-7(2)6-8(3)9/h7-9H,4-6H2,1-3H3/t7?,8-/m0/s1. The molecule has 0 fully saturated rings. The minimum atomic E-state index is -0.119. The van der Waals surface area contributed by atoms with Crippen LogP contribution in [0.3, 0.4) is 0 Å². The molecule has 1 heteroatoms. The van der Waals surface area contributed by atoms with Crippen LogP contribution in [0.1, 0.15) is 40.0 Å². The molecule has 1 unspecified atom stereocenters. The molecule has 9 heavy (non-hydrogen) atoms. The molecule has 0 rings (SSSR count). The van der Waals surface area contributed by atoms with E-state index in [1.807, 2.05) is 6.92 Å². The Bertz CT molecular complexity index is 59.6. The van der Waals surface area contributed by atoms with Crippen LogP contribution in [0.2, 0.25) is 0 Å². The first-order valence-corrected chi connectivity index (χ1v) is 3.84. The first-order chi connectivity index (χ1) is 4.16. The summed E-state index contributed by atoms with van der Waals surface area (Å²) < 4.78 is 0. The van der Waals surface area contributed by atoms with Crippen molar-refractivity contribution in [1.29, 1.82) is 0 Å². The summed E-state index contributed by atoms with van der Waals surface area (Å²) in [6.07, 6.45) is 3.30. The van der Waals surface area contributed by atoms with E-state index in [1.54, 1.807) is 0 Å². The first-order valence-electron chi connectivity index (χ1n) is 3.84. The van der Waals surface area contributed by atoms with E-state index in [-0.39, 0.29) is 6.10 Å². The van der Waals surface area contributed by atoms with Crippen LogP contribution in [0.4, 0.5) is 0 Å². The molecular formula is C8H18O. The highest BCUT2D eigenvalue weighted by atomic mass is 16.3. The van der Waals surface area contributed by atoms with Crippen LogP contribution in [0, 0.1) is 5.92 Å². The van der Waals surface area contributed by atoms with Crippen LogP contribution < -0.4 is 0 Å². The van der Waals surface area contributed by atoms with Gasteiger partial charge in [0.2, 0.25) is 0 Å². The number of rotatable bonds is 4. The minimum Gasteiger partial charge on any atom is -0.393 e. The van der Waals surface area contributed by atoms with Gasteiger partial charge < -0.3 is 5.11 Å². The monoisotopic (exact) mass is 130 g/mol. The highest BCUT2D eigenvalue weighted by molar-refractivity contribution is 4.55.